The van der Waals surface area contributed by atoms with Gasteiger partial charge in [0.05, 0.1) is 18.8 Å². The Morgan fingerprint density at radius 2 is 2.08 bits per heavy atom. The molecule has 0 spiro atoms. The number of ether oxygens (including phenoxy) is 1. The number of carbonyl (C=O) groups is 2. The number of hydrogen-bond donors (Lipinski definition) is 2. The third kappa shape index (κ3) is 4.06. The number of nitrogens with one attached hydrogen (secondary N) is 1. The van der Waals surface area contributed by atoms with Crippen LogP contribution in [0.15, 0.2) is 24.3 Å². The van der Waals surface area contributed by atoms with Gasteiger partial charge in [0, 0.05) is 6.54 Å². The van der Waals surface area contributed by atoms with Crippen LogP contribution in [-0.2, 0) is 9.53 Å². The SMILES string of the molecule is CCC1(CC)CN(C(=O)N[C@@H](C(=O)O)c2cccc(C)c2)CCO1. The van der Waals surface area contributed by atoms with Gasteiger partial charge in [-0.15, -0.1) is 0 Å². The van der Waals surface area contributed by atoms with E-state index in [1.165, 1.54) is 0 Å². The predicted octanol–water partition coefficient (Wildman–Crippen LogP) is 2.72. The van der Waals surface area contributed by atoms with E-state index in [4.69, 9.17) is 4.74 Å². The number of amides is 2. The van der Waals surface area contributed by atoms with E-state index in [9.17, 15) is 14.7 Å². The standard InChI is InChI=1S/C18H26N2O4/c1-4-18(5-2)12-20(9-10-24-18)17(23)19-15(16(21)22)14-8-6-7-13(3)11-14/h6-8,11,15H,4-5,9-10,12H2,1-3H3,(H,19,23)(H,21,22)/t15-/m1/s1. The van der Waals surface area contributed by atoms with Crippen molar-refractivity contribution < 1.29 is 19.4 Å². The zero-order valence-electron chi connectivity index (χ0n) is 14.5. The number of benzene rings is 1. The Kier molecular flexibility index (Phi) is 5.83. The number of urea groups is 1. The van der Waals surface area contributed by atoms with E-state index >= 15 is 0 Å². The molecule has 0 aliphatic carbocycles. The minimum absolute atomic E-state index is 0.336. The first-order valence-corrected chi connectivity index (χ1v) is 8.39. The Hall–Kier alpha value is -2.08. The predicted molar refractivity (Wildman–Crippen MR) is 90.9 cm³/mol. The van der Waals surface area contributed by atoms with Gasteiger partial charge in [-0.3, -0.25) is 0 Å². The normalized spacial score (nSPS) is 18.0. The number of aryl methyl sites for hydroxylation is 1. The highest BCUT2D eigenvalue weighted by molar-refractivity contribution is 5.83. The first-order valence-electron chi connectivity index (χ1n) is 8.39. The van der Waals surface area contributed by atoms with Crippen molar-refractivity contribution in [2.45, 2.75) is 45.3 Å². The average Bonchev–Trinajstić information content (AvgIpc) is 2.59. The zero-order chi connectivity index (χ0) is 17.7. The van der Waals surface area contributed by atoms with Gasteiger partial charge < -0.3 is 20.1 Å². The molecule has 0 saturated carbocycles. The van der Waals surface area contributed by atoms with Gasteiger partial charge in [-0.2, -0.15) is 0 Å². The maximum atomic E-state index is 12.6. The molecular weight excluding hydrogens is 308 g/mol. The third-order valence-corrected chi connectivity index (χ3v) is 4.71. The molecule has 2 N–H and O–H groups in total. The number of nitrogens with zero attached hydrogens (tertiary/aromatic N) is 1. The average molecular weight is 334 g/mol. The maximum Gasteiger partial charge on any atom is 0.330 e. The Morgan fingerprint density at radius 3 is 2.67 bits per heavy atom. The van der Waals surface area contributed by atoms with Gasteiger partial charge in [0.15, 0.2) is 6.04 Å². The van der Waals surface area contributed by atoms with Crippen molar-refractivity contribution in [3.05, 3.63) is 35.4 Å². The Bertz CT molecular complexity index is 598. The molecule has 1 aromatic rings. The number of rotatable bonds is 5. The van der Waals surface area contributed by atoms with Crippen LogP contribution in [-0.4, -0.2) is 47.3 Å². The molecule has 1 aliphatic heterocycles. The summed E-state index contributed by atoms with van der Waals surface area (Å²) >= 11 is 0. The van der Waals surface area contributed by atoms with Crippen LogP contribution in [0.5, 0.6) is 0 Å². The summed E-state index contributed by atoms with van der Waals surface area (Å²) in [5.41, 5.74) is 1.19. The monoisotopic (exact) mass is 334 g/mol. The van der Waals surface area contributed by atoms with E-state index in [0.717, 1.165) is 18.4 Å². The molecule has 0 bridgehead atoms. The molecular formula is C18H26N2O4. The van der Waals surface area contributed by atoms with E-state index in [1.807, 2.05) is 26.8 Å². The first kappa shape index (κ1) is 18.3. The highest BCUT2D eigenvalue weighted by Gasteiger charge is 2.36. The van der Waals surface area contributed by atoms with Crippen molar-refractivity contribution in [1.29, 1.82) is 0 Å². The van der Waals surface area contributed by atoms with Crippen molar-refractivity contribution in [1.82, 2.24) is 10.2 Å². The first-order chi connectivity index (χ1) is 11.4. The molecule has 1 heterocycles. The molecule has 6 nitrogen and oxygen atoms in total. The Balaban J connectivity index is 2.12. The highest BCUT2D eigenvalue weighted by Crippen LogP contribution is 2.26. The molecule has 2 rings (SSSR count). The second-order valence-corrected chi connectivity index (χ2v) is 6.30. The molecule has 1 aromatic carbocycles. The van der Waals surface area contributed by atoms with Crippen LogP contribution in [0.1, 0.15) is 43.9 Å². The number of hydrogen-bond acceptors (Lipinski definition) is 3. The lowest BCUT2D eigenvalue weighted by Crippen LogP contribution is -2.56. The fourth-order valence-corrected chi connectivity index (χ4v) is 3.05. The molecule has 0 radical (unpaired) electrons. The fourth-order valence-electron chi connectivity index (χ4n) is 3.05. The van der Waals surface area contributed by atoms with E-state index in [2.05, 4.69) is 5.32 Å². The Labute approximate surface area is 142 Å². The van der Waals surface area contributed by atoms with E-state index in [1.54, 1.807) is 23.1 Å². The van der Waals surface area contributed by atoms with Crippen molar-refractivity contribution >= 4 is 12.0 Å². The van der Waals surface area contributed by atoms with Crippen LogP contribution in [0.3, 0.4) is 0 Å². The number of carboxylic acids is 1. The van der Waals surface area contributed by atoms with Gasteiger partial charge in [0.1, 0.15) is 0 Å². The topological polar surface area (TPSA) is 78.9 Å². The lowest BCUT2D eigenvalue weighted by molar-refractivity contribution is -0.139. The quantitative estimate of drug-likeness (QED) is 0.868. The minimum atomic E-state index is -1.07. The van der Waals surface area contributed by atoms with E-state index in [-0.39, 0.29) is 11.6 Å². The number of carbonyl (C=O) groups excluding carboxylic acids is 1. The molecule has 1 aliphatic rings. The van der Waals surface area contributed by atoms with Gasteiger partial charge in [-0.05, 0) is 25.3 Å². The summed E-state index contributed by atoms with van der Waals surface area (Å²) in [6.07, 6.45) is 1.63. The third-order valence-electron chi connectivity index (χ3n) is 4.71. The molecule has 132 valence electrons. The second-order valence-electron chi connectivity index (χ2n) is 6.30. The van der Waals surface area contributed by atoms with Crippen molar-refractivity contribution in [2.24, 2.45) is 0 Å². The van der Waals surface area contributed by atoms with E-state index < -0.39 is 12.0 Å². The van der Waals surface area contributed by atoms with Gasteiger partial charge in [0.2, 0.25) is 0 Å². The molecule has 0 unspecified atom stereocenters. The van der Waals surface area contributed by atoms with Crippen LogP contribution in [0, 0.1) is 6.92 Å². The van der Waals surface area contributed by atoms with Crippen LogP contribution >= 0.6 is 0 Å². The lowest BCUT2D eigenvalue weighted by Gasteiger charge is -2.42. The summed E-state index contributed by atoms with van der Waals surface area (Å²) < 4.78 is 5.86. The molecule has 1 saturated heterocycles. The van der Waals surface area contributed by atoms with Crippen molar-refractivity contribution in [3.8, 4) is 0 Å². The summed E-state index contributed by atoms with van der Waals surface area (Å²) in [7, 11) is 0. The van der Waals surface area contributed by atoms with Gasteiger partial charge >= 0.3 is 12.0 Å². The van der Waals surface area contributed by atoms with Crippen molar-refractivity contribution in [2.75, 3.05) is 19.7 Å². The van der Waals surface area contributed by atoms with Crippen molar-refractivity contribution in [3.63, 3.8) is 0 Å². The summed E-state index contributed by atoms with van der Waals surface area (Å²) in [6, 6.07) is 5.76. The highest BCUT2D eigenvalue weighted by atomic mass is 16.5. The summed E-state index contributed by atoms with van der Waals surface area (Å²) in [4.78, 5) is 25.9. The van der Waals surface area contributed by atoms with Crippen LogP contribution in [0.4, 0.5) is 4.79 Å². The second kappa shape index (κ2) is 7.66. The van der Waals surface area contributed by atoms with E-state index in [0.29, 0.717) is 25.3 Å². The van der Waals surface area contributed by atoms with Crippen LogP contribution in [0.25, 0.3) is 0 Å². The van der Waals surface area contributed by atoms with Crippen LogP contribution in [0.2, 0.25) is 0 Å². The molecule has 2 amide bonds. The van der Waals surface area contributed by atoms with Gasteiger partial charge in [-0.25, -0.2) is 9.59 Å². The number of aliphatic carboxylic acids is 1. The molecule has 0 aromatic heterocycles. The summed E-state index contributed by atoms with van der Waals surface area (Å²) in [6.45, 7) is 7.38. The molecule has 1 atom stereocenters. The van der Waals surface area contributed by atoms with Crippen LogP contribution < -0.4 is 5.32 Å². The fraction of sp³-hybridized carbons (Fsp3) is 0.556. The maximum absolute atomic E-state index is 12.6. The van der Waals surface area contributed by atoms with Gasteiger partial charge in [0.25, 0.3) is 0 Å². The molecule has 24 heavy (non-hydrogen) atoms. The minimum Gasteiger partial charge on any atom is -0.479 e. The largest absolute Gasteiger partial charge is 0.479 e. The summed E-state index contributed by atoms with van der Waals surface area (Å²) in [5, 5.41) is 12.1. The molecule has 6 heteroatoms. The zero-order valence-corrected chi connectivity index (χ0v) is 14.5. The lowest BCUT2D eigenvalue weighted by atomic mass is 9.95. The summed E-state index contributed by atoms with van der Waals surface area (Å²) in [5.74, 6) is -1.07. The smallest absolute Gasteiger partial charge is 0.330 e. The molecule has 1 fully saturated rings. The Morgan fingerprint density at radius 1 is 1.38 bits per heavy atom. The number of morpholine rings is 1. The van der Waals surface area contributed by atoms with Gasteiger partial charge in [-0.1, -0.05) is 43.7 Å². The number of carboxylic acid groups (broad SMARTS) is 1.